The Bertz CT molecular complexity index is 1310. The molecule has 0 atom stereocenters. The molecule has 2 aromatic carbocycles. The van der Waals surface area contributed by atoms with E-state index in [0.717, 1.165) is 4.70 Å². The van der Waals surface area contributed by atoms with Crippen molar-refractivity contribution in [3.8, 4) is 0 Å². The van der Waals surface area contributed by atoms with Gasteiger partial charge in [-0.2, -0.15) is 0 Å². The Balaban J connectivity index is 1.44. The quantitative estimate of drug-likeness (QED) is 0.461. The minimum Gasteiger partial charge on any atom is -0.462 e. The number of carbonyl (C=O) groups excluding carboxylic acids is 2. The summed E-state index contributed by atoms with van der Waals surface area (Å²) in [6, 6.07) is 12.3. The van der Waals surface area contributed by atoms with E-state index in [-0.39, 0.29) is 24.3 Å². The van der Waals surface area contributed by atoms with Gasteiger partial charge in [-0.25, -0.2) is 14.8 Å². The number of aryl methyl sites for hydroxylation is 1. The van der Waals surface area contributed by atoms with Crippen LogP contribution in [-0.4, -0.2) is 33.4 Å². The highest BCUT2D eigenvalue weighted by molar-refractivity contribution is 7.22. The second-order valence-corrected chi connectivity index (χ2v) is 7.53. The summed E-state index contributed by atoms with van der Waals surface area (Å²) in [4.78, 5) is 47.8. The molecule has 0 saturated carbocycles. The molecule has 0 saturated heterocycles. The number of para-hydroxylation sites is 2. The van der Waals surface area contributed by atoms with Gasteiger partial charge >= 0.3 is 5.97 Å². The van der Waals surface area contributed by atoms with E-state index in [1.165, 1.54) is 11.3 Å². The maximum Gasteiger partial charge on any atom is 0.338 e. The molecule has 152 valence electrons. The zero-order chi connectivity index (χ0) is 21.1. The van der Waals surface area contributed by atoms with Crippen LogP contribution in [0.15, 0.2) is 47.3 Å². The SMILES string of the molecule is CCOC(=O)c1ccc2nc(NC(=O)CCc3nc4ccccc4[nH]c3=O)sc2c1. The van der Waals surface area contributed by atoms with Crippen LogP contribution in [0, 0.1) is 0 Å². The van der Waals surface area contributed by atoms with Gasteiger partial charge in [0, 0.05) is 12.8 Å². The highest BCUT2D eigenvalue weighted by Gasteiger charge is 2.13. The topological polar surface area (TPSA) is 114 Å². The summed E-state index contributed by atoms with van der Waals surface area (Å²) in [7, 11) is 0. The smallest absolute Gasteiger partial charge is 0.338 e. The molecular formula is C21H18N4O4S. The summed E-state index contributed by atoms with van der Waals surface area (Å²) >= 11 is 1.27. The number of hydrogen-bond donors (Lipinski definition) is 2. The molecule has 1 amide bonds. The number of nitrogens with zero attached hydrogens (tertiary/aromatic N) is 2. The van der Waals surface area contributed by atoms with Gasteiger partial charge in [-0.1, -0.05) is 23.5 Å². The van der Waals surface area contributed by atoms with Crippen LogP contribution in [0.5, 0.6) is 0 Å². The van der Waals surface area contributed by atoms with Gasteiger partial charge in [0.1, 0.15) is 5.69 Å². The van der Waals surface area contributed by atoms with Crippen LogP contribution in [0.25, 0.3) is 21.3 Å². The predicted molar refractivity (Wildman–Crippen MR) is 115 cm³/mol. The molecule has 0 bridgehead atoms. The molecule has 2 heterocycles. The van der Waals surface area contributed by atoms with Crippen LogP contribution in [0.4, 0.5) is 5.13 Å². The normalized spacial score (nSPS) is 11.0. The minimum atomic E-state index is -0.397. The van der Waals surface area contributed by atoms with Gasteiger partial charge in [0.15, 0.2) is 5.13 Å². The van der Waals surface area contributed by atoms with Gasteiger partial charge in [0.25, 0.3) is 5.56 Å². The van der Waals surface area contributed by atoms with E-state index in [1.807, 2.05) is 12.1 Å². The number of fused-ring (bicyclic) bond motifs is 2. The molecule has 0 aliphatic carbocycles. The molecule has 0 fully saturated rings. The second kappa shape index (κ2) is 8.42. The summed E-state index contributed by atoms with van der Waals surface area (Å²) in [5.74, 6) is -0.666. The molecule has 0 aliphatic rings. The molecule has 0 aliphatic heterocycles. The van der Waals surface area contributed by atoms with E-state index in [9.17, 15) is 14.4 Å². The zero-order valence-corrected chi connectivity index (χ0v) is 16.9. The Labute approximate surface area is 174 Å². The molecule has 0 spiro atoms. The fourth-order valence-electron chi connectivity index (χ4n) is 2.97. The van der Waals surface area contributed by atoms with Crippen molar-refractivity contribution < 1.29 is 14.3 Å². The van der Waals surface area contributed by atoms with Crippen molar-refractivity contribution in [1.82, 2.24) is 15.0 Å². The fraction of sp³-hybridized carbons (Fsp3) is 0.190. The number of hydrogen-bond acceptors (Lipinski definition) is 7. The molecule has 9 heteroatoms. The van der Waals surface area contributed by atoms with Gasteiger partial charge < -0.3 is 15.0 Å². The number of carbonyl (C=O) groups is 2. The maximum absolute atomic E-state index is 12.3. The minimum absolute atomic E-state index is 0.0957. The number of H-pyrrole nitrogens is 1. The molecule has 0 unspecified atom stereocenters. The van der Waals surface area contributed by atoms with E-state index >= 15 is 0 Å². The number of benzene rings is 2. The van der Waals surface area contributed by atoms with Crippen molar-refractivity contribution in [2.24, 2.45) is 0 Å². The van der Waals surface area contributed by atoms with Gasteiger partial charge in [-0.15, -0.1) is 0 Å². The van der Waals surface area contributed by atoms with E-state index in [1.54, 1.807) is 37.3 Å². The molecular weight excluding hydrogens is 404 g/mol. The number of ether oxygens (including phenoxy) is 1. The molecule has 4 rings (SSSR count). The number of aromatic nitrogens is 3. The van der Waals surface area contributed by atoms with Crippen LogP contribution in [0.3, 0.4) is 0 Å². The average molecular weight is 422 g/mol. The maximum atomic E-state index is 12.3. The molecule has 4 aromatic rings. The standard InChI is InChI=1S/C21H18N4O4S/c1-2-29-20(28)12-7-8-15-17(11-12)30-21(24-15)25-18(26)10-9-16-19(27)23-14-6-4-3-5-13(14)22-16/h3-8,11H,2,9-10H2,1H3,(H,23,27)(H,24,25,26). The molecule has 0 radical (unpaired) electrons. The Kier molecular flexibility index (Phi) is 5.53. The number of rotatable bonds is 6. The first-order valence-corrected chi connectivity index (χ1v) is 10.2. The third kappa shape index (κ3) is 4.20. The fourth-order valence-corrected chi connectivity index (χ4v) is 3.89. The number of esters is 1. The van der Waals surface area contributed by atoms with E-state index in [0.29, 0.717) is 39.5 Å². The van der Waals surface area contributed by atoms with Crippen molar-refractivity contribution >= 4 is 49.6 Å². The molecule has 2 aromatic heterocycles. The number of thiazole rings is 1. The van der Waals surface area contributed by atoms with E-state index < -0.39 is 5.97 Å². The summed E-state index contributed by atoms with van der Waals surface area (Å²) in [5.41, 5.74) is 2.46. The van der Waals surface area contributed by atoms with Crippen molar-refractivity contribution in [2.75, 3.05) is 11.9 Å². The predicted octanol–water partition coefficient (Wildman–Crippen LogP) is 3.28. The summed E-state index contributed by atoms with van der Waals surface area (Å²) in [5, 5.41) is 3.17. The molecule has 8 nitrogen and oxygen atoms in total. The first-order valence-electron chi connectivity index (χ1n) is 9.39. The highest BCUT2D eigenvalue weighted by atomic mass is 32.1. The Morgan fingerprint density at radius 2 is 1.97 bits per heavy atom. The Hall–Kier alpha value is -3.59. The van der Waals surface area contributed by atoms with Crippen LogP contribution in [0.2, 0.25) is 0 Å². The van der Waals surface area contributed by atoms with E-state index in [4.69, 9.17) is 4.74 Å². The van der Waals surface area contributed by atoms with Gasteiger partial charge in [-0.3, -0.25) is 9.59 Å². The van der Waals surface area contributed by atoms with Crippen LogP contribution >= 0.6 is 11.3 Å². The molecule has 30 heavy (non-hydrogen) atoms. The Morgan fingerprint density at radius 3 is 2.80 bits per heavy atom. The van der Waals surface area contributed by atoms with Crippen molar-refractivity contribution in [2.45, 2.75) is 19.8 Å². The van der Waals surface area contributed by atoms with Crippen molar-refractivity contribution in [3.63, 3.8) is 0 Å². The lowest BCUT2D eigenvalue weighted by atomic mass is 10.2. The summed E-state index contributed by atoms with van der Waals surface area (Å²) < 4.78 is 5.77. The van der Waals surface area contributed by atoms with Crippen LogP contribution in [0.1, 0.15) is 29.4 Å². The largest absolute Gasteiger partial charge is 0.462 e. The van der Waals surface area contributed by atoms with Gasteiger partial charge in [0.05, 0.1) is 33.4 Å². The third-order valence-electron chi connectivity index (χ3n) is 4.40. The summed E-state index contributed by atoms with van der Waals surface area (Å²) in [6.07, 6.45) is 0.308. The number of anilines is 1. The number of nitrogens with one attached hydrogen (secondary N) is 2. The number of amides is 1. The lowest BCUT2D eigenvalue weighted by molar-refractivity contribution is -0.116. The van der Waals surface area contributed by atoms with Gasteiger partial charge in [-0.05, 0) is 37.3 Å². The summed E-state index contributed by atoms with van der Waals surface area (Å²) in [6.45, 7) is 2.05. The highest BCUT2D eigenvalue weighted by Crippen LogP contribution is 2.27. The van der Waals surface area contributed by atoms with Crippen LogP contribution in [-0.2, 0) is 16.0 Å². The Morgan fingerprint density at radius 1 is 1.13 bits per heavy atom. The third-order valence-corrected chi connectivity index (χ3v) is 5.34. The van der Waals surface area contributed by atoms with Crippen molar-refractivity contribution in [3.05, 3.63) is 64.1 Å². The second-order valence-electron chi connectivity index (χ2n) is 6.50. The number of aromatic amines is 1. The zero-order valence-electron chi connectivity index (χ0n) is 16.1. The lowest BCUT2D eigenvalue weighted by Crippen LogP contribution is -2.18. The lowest BCUT2D eigenvalue weighted by Gasteiger charge is -2.03. The molecule has 2 N–H and O–H groups in total. The van der Waals surface area contributed by atoms with E-state index in [2.05, 4.69) is 20.3 Å². The van der Waals surface area contributed by atoms with Crippen molar-refractivity contribution in [1.29, 1.82) is 0 Å². The first kappa shape index (κ1) is 19.7. The van der Waals surface area contributed by atoms with Gasteiger partial charge in [0.2, 0.25) is 5.91 Å². The monoisotopic (exact) mass is 422 g/mol. The van der Waals surface area contributed by atoms with Crippen LogP contribution < -0.4 is 10.9 Å². The average Bonchev–Trinajstić information content (AvgIpc) is 3.13. The first-order chi connectivity index (χ1) is 14.5.